The lowest BCUT2D eigenvalue weighted by Crippen LogP contribution is -2.24. The molecule has 0 saturated carbocycles. The van der Waals surface area contributed by atoms with Gasteiger partial charge in [0, 0.05) is 20.3 Å². The van der Waals surface area contributed by atoms with E-state index < -0.39 is 5.82 Å². The molecule has 0 bridgehead atoms. The minimum atomic E-state index is -0.484. The van der Waals surface area contributed by atoms with Crippen molar-refractivity contribution in [1.29, 1.82) is 0 Å². The topological polar surface area (TPSA) is 36.3 Å². The van der Waals surface area contributed by atoms with Crippen LogP contribution in [0.15, 0.2) is 12.1 Å². The number of alkyl halides is 1. The van der Waals surface area contributed by atoms with Crippen LogP contribution in [0, 0.1) is 5.82 Å². The van der Waals surface area contributed by atoms with Gasteiger partial charge in [-0.2, -0.15) is 0 Å². The molecule has 0 spiro atoms. The molecule has 0 N–H and O–H groups in total. The van der Waals surface area contributed by atoms with Crippen molar-refractivity contribution in [1.82, 2.24) is 9.55 Å². The Morgan fingerprint density at radius 2 is 2.15 bits per heavy atom. The second-order valence-corrected chi connectivity index (χ2v) is 5.01. The first-order chi connectivity index (χ1) is 9.60. The van der Waals surface area contributed by atoms with Gasteiger partial charge in [0.2, 0.25) is 0 Å². The molecule has 0 aliphatic carbocycles. The van der Waals surface area contributed by atoms with Crippen LogP contribution in [0.1, 0.15) is 5.82 Å². The van der Waals surface area contributed by atoms with E-state index >= 15 is 0 Å². The SMILES string of the molecule is COCC(Cn1c(CCl)nc2cc(Cl)c(F)cc21)OC. The smallest absolute Gasteiger partial charge is 0.144 e. The van der Waals surface area contributed by atoms with Gasteiger partial charge < -0.3 is 14.0 Å². The summed E-state index contributed by atoms with van der Waals surface area (Å²) in [5.41, 5.74) is 1.25. The molecule has 2 aromatic rings. The van der Waals surface area contributed by atoms with Crippen LogP contribution < -0.4 is 0 Å². The molecule has 7 heteroatoms. The number of rotatable bonds is 6. The summed E-state index contributed by atoms with van der Waals surface area (Å²) in [4.78, 5) is 4.36. The molecule has 0 saturated heterocycles. The van der Waals surface area contributed by atoms with Crippen molar-refractivity contribution < 1.29 is 13.9 Å². The molecule has 1 aromatic carbocycles. The largest absolute Gasteiger partial charge is 0.382 e. The number of nitrogens with zero attached hydrogens (tertiary/aromatic N) is 2. The van der Waals surface area contributed by atoms with Crippen molar-refractivity contribution in [3.63, 3.8) is 0 Å². The highest BCUT2D eigenvalue weighted by Gasteiger charge is 2.17. The number of aromatic nitrogens is 2. The molecule has 1 aromatic heterocycles. The third-order valence-electron chi connectivity index (χ3n) is 3.06. The van der Waals surface area contributed by atoms with E-state index in [1.54, 1.807) is 14.2 Å². The number of benzene rings is 1. The minimum absolute atomic E-state index is 0.0449. The summed E-state index contributed by atoms with van der Waals surface area (Å²) >= 11 is 11.7. The van der Waals surface area contributed by atoms with Gasteiger partial charge >= 0.3 is 0 Å². The van der Waals surface area contributed by atoms with Crippen LogP contribution >= 0.6 is 23.2 Å². The average Bonchev–Trinajstić information content (AvgIpc) is 2.76. The van der Waals surface area contributed by atoms with E-state index in [0.29, 0.717) is 30.0 Å². The molecule has 0 fully saturated rings. The van der Waals surface area contributed by atoms with Gasteiger partial charge in [-0.15, -0.1) is 11.6 Å². The molecule has 0 aliphatic rings. The third-order valence-corrected chi connectivity index (χ3v) is 3.59. The molecule has 110 valence electrons. The Kier molecular flexibility index (Phi) is 5.21. The summed E-state index contributed by atoms with van der Waals surface area (Å²) in [7, 11) is 3.20. The second-order valence-electron chi connectivity index (χ2n) is 4.34. The van der Waals surface area contributed by atoms with Crippen LogP contribution in [0.25, 0.3) is 11.0 Å². The fourth-order valence-electron chi connectivity index (χ4n) is 2.06. The number of hydrogen-bond acceptors (Lipinski definition) is 3. The number of hydrogen-bond donors (Lipinski definition) is 0. The van der Waals surface area contributed by atoms with Gasteiger partial charge in [0.05, 0.1) is 41.2 Å². The number of ether oxygens (including phenoxy) is 2. The zero-order valence-corrected chi connectivity index (χ0v) is 12.7. The molecule has 2 rings (SSSR count). The maximum absolute atomic E-state index is 13.6. The second kappa shape index (κ2) is 6.72. The Morgan fingerprint density at radius 3 is 2.75 bits per heavy atom. The fourth-order valence-corrected chi connectivity index (χ4v) is 2.42. The zero-order chi connectivity index (χ0) is 14.7. The molecule has 20 heavy (non-hydrogen) atoms. The van der Waals surface area contributed by atoms with E-state index in [4.69, 9.17) is 32.7 Å². The molecular formula is C13H15Cl2FN2O2. The highest BCUT2D eigenvalue weighted by atomic mass is 35.5. The predicted molar refractivity (Wildman–Crippen MR) is 76.9 cm³/mol. The molecule has 1 unspecified atom stereocenters. The van der Waals surface area contributed by atoms with Crippen molar-refractivity contribution in [2.75, 3.05) is 20.8 Å². The van der Waals surface area contributed by atoms with Crippen LogP contribution in [-0.2, 0) is 21.9 Å². The summed E-state index contributed by atoms with van der Waals surface area (Å²) in [6.07, 6.45) is -0.168. The minimum Gasteiger partial charge on any atom is -0.382 e. The molecule has 0 radical (unpaired) electrons. The van der Waals surface area contributed by atoms with Crippen molar-refractivity contribution in [3.8, 4) is 0 Å². The average molecular weight is 321 g/mol. The van der Waals surface area contributed by atoms with Crippen molar-refractivity contribution >= 4 is 34.2 Å². The third kappa shape index (κ3) is 3.06. The predicted octanol–water partition coefficient (Wildman–Crippen LogP) is 3.23. The lowest BCUT2D eigenvalue weighted by atomic mass is 10.3. The first-order valence-corrected chi connectivity index (χ1v) is 6.93. The van der Waals surface area contributed by atoms with Gasteiger partial charge in [-0.3, -0.25) is 0 Å². The van der Waals surface area contributed by atoms with Crippen molar-refractivity contribution in [2.24, 2.45) is 0 Å². The van der Waals surface area contributed by atoms with E-state index in [1.165, 1.54) is 12.1 Å². The Hall–Kier alpha value is -0.880. The van der Waals surface area contributed by atoms with Crippen LogP contribution in [0.5, 0.6) is 0 Å². The van der Waals surface area contributed by atoms with Gasteiger partial charge in [-0.05, 0) is 6.07 Å². The molecule has 1 atom stereocenters. The van der Waals surface area contributed by atoms with Crippen LogP contribution in [0.3, 0.4) is 0 Å². The number of halogens is 3. The van der Waals surface area contributed by atoms with Gasteiger partial charge in [0.15, 0.2) is 0 Å². The summed E-state index contributed by atoms with van der Waals surface area (Å²) in [5, 5.41) is 0.0449. The monoisotopic (exact) mass is 320 g/mol. The highest BCUT2D eigenvalue weighted by Crippen LogP contribution is 2.25. The normalized spacial score (nSPS) is 13.1. The Balaban J connectivity index is 2.46. The fraction of sp³-hybridized carbons (Fsp3) is 0.462. The summed E-state index contributed by atoms with van der Waals surface area (Å²) in [6.45, 7) is 0.901. The molecule has 4 nitrogen and oxygen atoms in total. The summed E-state index contributed by atoms with van der Waals surface area (Å²) < 4.78 is 25.9. The van der Waals surface area contributed by atoms with Gasteiger partial charge in [0.1, 0.15) is 11.6 Å². The lowest BCUT2D eigenvalue weighted by molar-refractivity contribution is 0.0186. The van der Waals surface area contributed by atoms with E-state index in [0.717, 1.165) is 0 Å². The first kappa shape index (κ1) is 15.5. The molecule has 0 aliphatic heterocycles. The van der Waals surface area contributed by atoms with E-state index in [-0.39, 0.29) is 17.0 Å². The quantitative estimate of drug-likeness (QED) is 0.767. The summed E-state index contributed by atoms with van der Waals surface area (Å²) in [5.74, 6) is 0.376. The van der Waals surface area contributed by atoms with Gasteiger partial charge in [-0.25, -0.2) is 9.37 Å². The number of methoxy groups -OCH3 is 2. The van der Waals surface area contributed by atoms with Crippen molar-refractivity contribution in [3.05, 3.63) is 28.8 Å². The highest BCUT2D eigenvalue weighted by molar-refractivity contribution is 6.31. The van der Waals surface area contributed by atoms with Crippen LogP contribution in [-0.4, -0.2) is 36.5 Å². The van der Waals surface area contributed by atoms with E-state index in [9.17, 15) is 4.39 Å². The van der Waals surface area contributed by atoms with Crippen LogP contribution in [0.2, 0.25) is 5.02 Å². The molecular weight excluding hydrogens is 306 g/mol. The number of imidazole rings is 1. The van der Waals surface area contributed by atoms with E-state index in [1.807, 2.05) is 4.57 Å². The summed E-state index contributed by atoms with van der Waals surface area (Å²) in [6, 6.07) is 2.86. The number of fused-ring (bicyclic) bond motifs is 1. The van der Waals surface area contributed by atoms with Crippen molar-refractivity contribution in [2.45, 2.75) is 18.5 Å². The Bertz CT molecular complexity index is 604. The van der Waals surface area contributed by atoms with Gasteiger partial charge in [-0.1, -0.05) is 11.6 Å². The van der Waals surface area contributed by atoms with Gasteiger partial charge in [0.25, 0.3) is 0 Å². The standard InChI is InChI=1S/C13H15Cl2FN2O2/c1-19-7-8(20-2)6-18-12-4-10(16)9(15)3-11(12)17-13(18)5-14/h3-4,8H,5-7H2,1-2H3. The Morgan fingerprint density at radius 1 is 1.40 bits per heavy atom. The molecule has 1 heterocycles. The maximum atomic E-state index is 13.6. The van der Waals surface area contributed by atoms with Crippen LogP contribution in [0.4, 0.5) is 4.39 Å². The zero-order valence-electron chi connectivity index (χ0n) is 11.2. The Labute approximate surface area is 126 Å². The lowest BCUT2D eigenvalue weighted by Gasteiger charge is -2.17. The maximum Gasteiger partial charge on any atom is 0.144 e. The molecule has 0 amide bonds. The van der Waals surface area contributed by atoms with E-state index in [2.05, 4.69) is 4.98 Å². The first-order valence-electron chi connectivity index (χ1n) is 6.02.